The molecule has 0 aliphatic heterocycles. The van der Waals surface area contributed by atoms with Crippen molar-refractivity contribution in [1.82, 2.24) is 0 Å². The lowest BCUT2D eigenvalue weighted by Gasteiger charge is -2.04. The van der Waals surface area contributed by atoms with Crippen molar-refractivity contribution in [3.8, 4) is 0 Å². The normalized spacial score (nSPS) is 11.2. The van der Waals surface area contributed by atoms with E-state index in [1.807, 2.05) is 0 Å². The maximum absolute atomic E-state index is 11.8. The van der Waals surface area contributed by atoms with Gasteiger partial charge in [0.15, 0.2) is 6.20 Å². The summed E-state index contributed by atoms with van der Waals surface area (Å²) in [6.45, 7) is 0. The van der Waals surface area contributed by atoms with E-state index in [2.05, 4.69) is 4.84 Å². The molecule has 1 aromatic rings. The molecule has 0 amide bonds. The highest BCUT2D eigenvalue weighted by molar-refractivity contribution is 6.30. The average Bonchev–Trinajstić information content (AvgIpc) is 2.09. The number of anilines is 1. The maximum atomic E-state index is 11.8. The second-order valence-corrected chi connectivity index (χ2v) is 2.91. The van der Waals surface area contributed by atoms with Gasteiger partial charge in [-0.3, -0.25) is 5.73 Å². The molecule has 0 aliphatic rings. The van der Waals surface area contributed by atoms with Gasteiger partial charge in [-0.2, -0.15) is 13.2 Å². The van der Waals surface area contributed by atoms with E-state index in [0.29, 0.717) is 4.73 Å². The number of nitrogens with two attached hydrogens (primary N) is 1. The molecule has 0 spiro atoms. The topological polar surface area (TPSA) is 56.2 Å². The van der Waals surface area contributed by atoms with Crippen LogP contribution >= 0.6 is 11.6 Å². The van der Waals surface area contributed by atoms with E-state index < -0.39 is 12.1 Å². The highest BCUT2D eigenvalue weighted by atomic mass is 35.5. The summed E-state index contributed by atoms with van der Waals surface area (Å²) in [4.78, 5) is 14.4. The Hall–Kier alpha value is -1.50. The Kier molecular flexibility index (Phi) is 3.04. The molecule has 1 rings (SSSR count). The summed E-state index contributed by atoms with van der Waals surface area (Å²) in [5.41, 5.74) is 5.24. The molecule has 0 atom stereocenters. The average molecular weight is 242 g/mol. The Balaban J connectivity index is 2.90. The van der Waals surface area contributed by atoms with Crippen molar-refractivity contribution in [1.29, 1.82) is 0 Å². The third kappa shape index (κ3) is 2.98. The Morgan fingerprint density at radius 3 is 2.60 bits per heavy atom. The van der Waals surface area contributed by atoms with Gasteiger partial charge in [0, 0.05) is 6.07 Å². The van der Waals surface area contributed by atoms with Gasteiger partial charge in [-0.1, -0.05) is 11.6 Å². The molecule has 0 saturated carbocycles. The number of hydrogen-bond donors (Lipinski definition) is 1. The molecule has 0 aromatic carbocycles. The Morgan fingerprint density at radius 1 is 1.47 bits per heavy atom. The van der Waals surface area contributed by atoms with Crippen molar-refractivity contribution < 1.29 is 27.5 Å². The highest BCUT2D eigenvalue weighted by Gasteiger charge is 2.43. The Bertz CT molecular complexity index is 394. The minimum absolute atomic E-state index is 0.0826. The van der Waals surface area contributed by atoms with Crippen LogP contribution in [0.3, 0.4) is 0 Å². The number of halogens is 4. The van der Waals surface area contributed by atoms with Gasteiger partial charge in [-0.25, -0.2) is 9.63 Å². The van der Waals surface area contributed by atoms with Crippen LogP contribution in [0.1, 0.15) is 0 Å². The predicted octanol–water partition coefficient (Wildman–Crippen LogP) is 0.727. The summed E-state index contributed by atoms with van der Waals surface area (Å²) in [7, 11) is 0. The number of hydrogen-bond acceptors (Lipinski definition) is 3. The fourth-order valence-corrected chi connectivity index (χ4v) is 0.840. The van der Waals surface area contributed by atoms with Crippen LogP contribution in [0.2, 0.25) is 5.02 Å². The zero-order valence-electron chi connectivity index (χ0n) is 7.08. The first-order chi connectivity index (χ1) is 6.80. The number of nitrogens with zero attached hydrogens (tertiary/aromatic N) is 1. The number of pyridine rings is 1. The molecule has 2 N–H and O–H groups in total. The second kappa shape index (κ2) is 3.93. The number of carbonyl (C=O) groups excluding carboxylic acids is 1. The fourth-order valence-electron chi connectivity index (χ4n) is 0.688. The summed E-state index contributed by atoms with van der Waals surface area (Å²) in [6.07, 6.45) is -4.14. The summed E-state index contributed by atoms with van der Waals surface area (Å²) in [5.74, 6) is -2.56. The van der Waals surface area contributed by atoms with Gasteiger partial charge < -0.3 is 0 Å². The third-order valence-corrected chi connectivity index (χ3v) is 1.54. The van der Waals surface area contributed by atoms with E-state index in [9.17, 15) is 18.0 Å². The second-order valence-electron chi connectivity index (χ2n) is 2.47. The molecule has 15 heavy (non-hydrogen) atoms. The van der Waals surface area contributed by atoms with Gasteiger partial charge in [0.25, 0.3) is 0 Å². The van der Waals surface area contributed by atoms with Crippen molar-refractivity contribution in [2.24, 2.45) is 0 Å². The van der Waals surface area contributed by atoms with Crippen LogP contribution < -0.4 is 15.3 Å². The molecule has 1 aromatic heterocycles. The molecule has 8 heteroatoms. The molecule has 0 saturated heterocycles. The van der Waals surface area contributed by atoms with Gasteiger partial charge in [0.2, 0.25) is 0 Å². The van der Waals surface area contributed by atoms with Crippen LogP contribution in [0, 0.1) is 0 Å². The van der Waals surface area contributed by atoms with Crippen molar-refractivity contribution >= 4 is 23.4 Å². The van der Waals surface area contributed by atoms with Crippen molar-refractivity contribution in [2.75, 3.05) is 5.73 Å². The molecule has 4 nitrogen and oxygen atoms in total. The molecule has 0 aliphatic carbocycles. The van der Waals surface area contributed by atoms with Crippen molar-refractivity contribution in [2.45, 2.75) is 6.18 Å². The SMILES string of the molecule is Nc1ccc(Cl)c[n+]1OC(=O)C(F)(F)F. The largest absolute Gasteiger partial charge is 0.495 e. The zero-order chi connectivity index (χ0) is 11.6. The smallest absolute Gasteiger partial charge is 0.284 e. The van der Waals surface area contributed by atoms with Crippen LogP contribution in [0.5, 0.6) is 0 Å². The Morgan fingerprint density at radius 2 is 2.07 bits per heavy atom. The van der Waals surface area contributed by atoms with Gasteiger partial charge >= 0.3 is 18.0 Å². The van der Waals surface area contributed by atoms with Gasteiger partial charge in [-0.15, -0.1) is 0 Å². The number of aromatic nitrogens is 1. The van der Waals surface area contributed by atoms with Crippen LogP contribution in [0.4, 0.5) is 19.0 Å². The summed E-state index contributed by atoms with van der Waals surface area (Å²) >= 11 is 5.47. The van der Waals surface area contributed by atoms with Crippen molar-refractivity contribution in [3.63, 3.8) is 0 Å². The summed E-state index contributed by atoms with van der Waals surface area (Å²) < 4.78 is 35.9. The van der Waals surface area contributed by atoms with Crippen molar-refractivity contribution in [3.05, 3.63) is 23.4 Å². The first-order valence-electron chi connectivity index (χ1n) is 3.57. The molecular weight excluding hydrogens is 237 g/mol. The number of rotatable bonds is 1. The molecule has 0 bridgehead atoms. The van der Waals surface area contributed by atoms with E-state index in [1.54, 1.807) is 0 Å². The highest BCUT2D eigenvalue weighted by Crippen LogP contribution is 2.14. The molecule has 0 radical (unpaired) electrons. The van der Waals surface area contributed by atoms with Gasteiger partial charge in [0.05, 0.1) is 5.02 Å². The van der Waals surface area contributed by atoms with Crippen LogP contribution in [-0.4, -0.2) is 12.1 Å². The molecule has 82 valence electrons. The summed E-state index contributed by atoms with van der Waals surface area (Å²) in [5, 5.41) is 0.0826. The standard InChI is InChI=1S/C7H4ClF3N2O2/c8-4-1-2-5(12)13(3-4)15-6(14)7(9,10)11/h1-3,12H/p+1. The van der Waals surface area contributed by atoms with E-state index in [1.165, 1.54) is 12.1 Å². The molecule has 1 heterocycles. The number of alkyl halides is 3. The van der Waals surface area contributed by atoms with E-state index in [0.717, 1.165) is 6.20 Å². The van der Waals surface area contributed by atoms with E-state index >= 15 is 0 Å². The zero-order valence-corrected chi connectivity index (χ0v) is 7.84. The summed E-state index contributed by atoms with van der Waals surface area (Å²) in [6, 6.07) is 2.54. The van der Waals surface area contributed by atoms with E-state index in [4.69, 9.17) is 17.3 Å². The van der Waals surface area contributed by atoms with Crippen LogP contribution in [-0.2, 0) is 4.79 Å². The molecular formula is C7H5ClF3N2O2+. The first-order valence-corrected chi connectivity index (χ1v) is 3.94. The lowest BCUT2D eigenvalue weighted by Crippen LogP contribution is -2.51. The Labute approximate surface area is 87.0 Å². The van der Waals surface area contributed by atoms with Gasteiger partial charge in [-0.05, 0) is 10.8 Å². The fraction of sp³-hybridized carbons (Fsp3) is 0.143. The molecule has 0 unspecified atom stereocenters. The minimum Gasteiger partial charge on any atom is -0.284 e. The van der Waals surface area contributed by atoms with E-state index in [-0.39, 0.29) is 10.8 Å². The number of carbonyl (C=O) groups is 1. The first kappa shape index (κ1) is 11.6. The van der Waals surface area contributed by atoms with Gasteiger partial charge in [0.1, 0.15) is 0 Å². The number of nitrogen functional groups attached to an aromatic ring is 1. The van der Waals surface area contributed by atoms with Crippen LogP contribution in [0.25, 0.3) is 0 Å². The lowest BCUT2D eigenvalue weighted by atomic mass is 10.5. The quantitative estimate of drug-likeness (QED) is 0.738. The monoisotopic (exact) mass is 241 g/mol. The maximum Gasteiger partial charge on any atom is 0.495 e. The minimum atomic E-state index is -5.08. The predicted molar refractivity (Wildman–Crippen MR) is 43.7 cm³/mol. The molecule has 0 fully saturated rings. The lowest BCUT2D eigenvalue weighted by molar-refractivity contribution is -0.859. The van der Waals surface area contributed by atoms with Crippen LogP contribution in [0.15, 0.2) is 18.3 Å². The third-order valence-electron chi connectivity index (χ3n) is 1.32.